The van der Waals surface area contributed by atoms with E-state index in [1.54, 1.807) is 4.90 Å². The van der Waals surface area contributed by atoms with E-state index >= 15 is 0 Å². The predicted octanol–water partition coefficient (Wildman–Crippen LogP) is 15.0. The average molecular weight is 1350 g/mol. The van der Waals surface area contributed by atoms with Gasteiger partial charge in [0.1, 0.15) is 42.5 Å². The first-order chi connectivity index (χ1) is 45.8. The zero-order valence-electron chi connectivity index (χ0n) is 54.1. The first-order valence-electron chi connectivity index (χ1n) is 32.9. The Morgan fingerprint density at radius 2 is 0.989 bits per heavy atom. The smallest absolute Gasteiger partial charge is 0.263 e. The molecule has 14 rings (SSSR count). The maximum absolute atomic E-state index is 14.8. The standard InChI is InChI=1S/C25H27F2N3OS.C25H27N5OS.C23H24F3N3OS/c1-14-3-6-19-15(2)23(32-25(19)29-14)24(31)28-8-7-18-10-21(27)22(11-20(18)26)30-12-16-4-5-17(9-16)13-30;1-15-2-7-21-22(27)23(32-25(21)29-15)24(31)28-9-8-18-5-6-20(11-19(18)12-26)30-13-16-3-4-17(10-16)14-30;1-13-6-7-16-14(2)21(31-23(16)28-13)22(30)27-9-8-15-12-17(24)20(19(26)18(15)25)29-10-4-3-5-11-29/h3,6,10-11,16-17H,4-5,7-9,12-13H2,1-2H3,(H,28,31);2,5-7,11,16-17H,3-4,8-10,13-14,27H2,1H3,(H,28,31);6-7,12H,3-5,8-11H2,1-2H3,(H,27,30). The molecule has 5 N–H and O–H groups in total. The quantitative estimate of drug-likeness (QED) is 0.0565. The first kappa shape index (κ1) is 66.7. The van der Waals surface area contributed by atoms with Gasteiger partial charge in [-0.05, 0) is 224 Å². The van der Waals surface area contributed by atoms with E-state index < -0.39 is 23.3 Å². The zero-order valence-corrected chi connectivity index (χ0v) is 56.6. The third kappa shape index (κ3) is 14.8. The molecule has 5 aliphatic rings. The number of nitrogens with two attached hydrogens (primary N) is 1. The Bertz CT molecular complexity index is 4420. The minimum absolute atomic E-state index is 0.00695. The van der Waals surface area contributed by atoms with Crippen LogP contribution in [0.15, 0.2) is 72.8 Å². The van der Waals surface area contributed by atoms with Gasteiger partial charge in [-0.3, -0.25) is 14.4 Å². The van der Waals surface area contributed by atoms with Gasteiger partial charge in [0.05, 0.1) is 32.8 Å². The minimum atomic E-state index is -1.15. The van der Waals surface area contributed by atoms with E-state index in [0.717, 1.165) is 133 Å². The molecule has 9 aromatic rings. The lowest BCUT2D eigenvalue weighted by molar-refractivity contribution is 0.0949. The molecule has 4 atom stereocenters. The molecule has 4 bridgehead atoms. The molecule has 0 radical (unpaired) electrons. The van der Waals surface area contributed by atoms with Crippen molar-refractivity contribution in [1.29, 1.82) is 5.26 Å². The summed E-state index contributed by atoms with van der Waals surface area (Å²) in [4.78, 5) is 61.5. The molecular weight excluding hydrogens is 1270 g/mol. The Balaban J connectivity index is 0.000000137. The summed E-state index contributed by atoms with van der Waals surface area (Å²) >= 11 is 3.97. The maximum atomic E-state index is 14.8. The van der Waals surface area contributed by atoms with E-state index in [1.165, 1.54) is 84.7 Å². The number of aromatic nitrogens is 3. The molecular formula is C73H78F5N11O3S3. The number of hydrogen-bond donors (Lipinski definition) is 4. The molecule has 22 heteroatoms. The Kier molecular flexibility index (Phi) is 20.4. The number of hydrogen-bond acceptors (Lipinski definition) is 14. The van der Waals surface area contributed by atoms with Crippen molar-refractivity contribution in [2.24, 2.45) is 23.7 Å². The van der Waals surface area contributed by atoms with Crippen LogP contribution >= 0.6 is 34.0 Å². The third-order valence-corrected chi connectivity index (χ3v) is 22.9. The largest absolute Gasteiger partial charge is 0.397 e. The van der Waals surface area contributed by atoms with Crippen LogP contribution in [0.5, 0.6) is 0 Å². The normalized spacial score (nSPS) is 18.1. The Hall–Kier alpha value is -8.26. The molecule has 14 nitrogen and oxygen atoms in total. The average Bonchev–Trinajstić information content (AvgIpc) is 1.62. The van der Waals surface area contributed by atoms with Gasteiger partial charge in [-0.2, -0.15) is 5.26 Å². The fraction of sp³-hybridized carbons (Fsp3) is 0.411. The van der Waals surface area contributed by atoms with E-state index in [9.17, 15) is 41.6 Å². The minimum Gasteiger partial charge on any atom is -0.397 e. The van der Waals surface area contributed by atoms with Crippen molar-refractivity contribution >= 4 is 105 Å². The van der Waals surface area contributed by atoms with E-state index in [0.29, 0.717) is 69.5 Å². The number of thiophene rings is 3. The van der Waals surface area contributed by atoms with Crippen LogP contribution in [0.25, 0.3) is 30.6 Å². The second-order valence-corrected chi connectivity index (χ2v) is 29.2. The number of benzene rings is 3. The number of nitrogens with zero attached hydrogens (tertiary/aromatic N) is 7. The summed E-state index contributed by atoms with van der Waals surface area (Å²) in [6, 6.07) is 23.8. The van der Waals surface area contributed by atoms with Crippen LogP contribution in [0.1, 0.15) is 137 Å². The SMILES string of the molecule is Cc1ccc2c(C)c(C(=O)NCCc3cc(F)c(N4CC5CCC(C5)C4)cc3F)sc2n1.Cc1ccc2c(C)c(C(=O)NCCc3cc(F)c(N4CCCCC4)c(F)c3F)sc2n1.Cc1ccc2c(N)c(C(=O)NCCc3ccc(N4CC5CCC(C5)C4)cc3C#N)sc2n1. The lowest BCUT2D eigenvalue weighted by Crippen LogP contribution is -2.37. The van der Waals surface area contributed by atoms with Crippen LogP contribution < -0.4 is 36.4 Å². The van der Waals surface area contributed by atoms with Crippen LogP contribution in [-0.2, 0) is 19.3 Å². The second-order valence-electron chi connectivity index (χ2n) is 26.2. The van der Waals surface area contributed by atoms with E-state index in [4.69, 9.17) is 5.73 Å². The molecule has 9 heterocycles. The van der Waals surface area contributed by atoms with Crippen molar-refractivity contribution in [1.82, 2.24) is 30.9 Å². The molecule has 5 fully saturated rings. The molecule has 0 spiro atoms. The molecule has 2 aliphatic carbocycles. The number of fused-ring (bicyclic) bond motifs is 7. The lowest BCUT2D eigenvalue weighted by Gasteiger charge is -2.34. The summed E-state index contributed by atoms with van der Waals surface area (Å²) in [5.74, 6) is -1.64. The fourth-order valence-electron chi connectivity index (χ4n) is 14.4. The summed E-state index contributed by atoms with van der Waals surface area (Å²) < 4.78 is 73.4. The molecule has 2 saturated carbocycles. The van der Waals surface area contributed by atoms with Gasteiger partial charge in [-0.1, -0.05) is 6.07 Å². The highest BCUT2D eigenvalue weighted by Crippen LogP contribution is 2.41. The lowest BCUT2D eigenvalue weighted by atomic mass is 9.97. The van der Waals surface area contributed by atoms with Crippen LogP contribution in [-0.4, -0.2) is 91.6 Å². The predicted molar refractivity (Wildman–Crippen MR) is 371 cm³/mol. The van der Waals surface area contributed by atoms with Crippen LogP contribution in [0.2, 0.25) is 0 Å². The highest BCUT2D eigenvalue weighted by atomic mass is 32.1. The summed E-state index contributed by atoms with van der Waals surface area (Å²) in [7, 11) is 0. The monoisotopic (exact) mass is 1350 g/mol. The van der Waals surface area contributed by atoms with Gasteiger partial charge in [-0.25, -0.2) is 36.9 Å². The molecule has 4 unspecified atom stereocenters. The first-order valence-corrected chi connectivity index (χ1v) is 35.4. The highest BCUT2D eigenvalue weighted by Gasteiger charge is 2.35. The van der Waals surface area contributed by atoms with E-state index in [2.05, 4.69) is 47.9 Å². The number of piperidine rings is 3. The molecule has 3 aromatic carbocycles. The van der Waals surface area contributed by atoms with Crippen molar-refractivity contribution in [3.63, 3.8) is 0 Å². The van der Waals surface area contributed by atoms with Crippen molar-refractivity contribution in [3.8, 4) is 6.07 Å². The van der Waals surface area contributed by atoms with Gasteiger partial charge in [0.25, 0.3) is 17.7 Å². The van der Waals surface area contributed by atoms with Crippen molar-refractivity contribution < 1.29 is 36.3 Å². The zero-order chi connectivity index (χ0) is 66.8. The Labute approximate surface area is 562 Å². The number of carbonyl (C=O) groups excluding carboxylic acids is 3. The summed E-state index contributed by atoms with van der Waals surface area (Å²) in [5, 5.41) is 21.0. The molecule has 95 heavy (non-hydrogen) atoms. The molecule has 3 amide bonds. The van der Waals surface area contributed by atoms with Gasteiger partial charge < -0.3 is 36.4 Å². The van der Waals surface area contributed by atoms with Gasteiger partial charge in [-0.15, -0.1) is 34.0 Å². The third-order valence-electron chi connectivity index (χ3n) is 19.4. The number of anilines is 4. The molecule has 6 aromatic heterocycles. The summed E-state index contributed by atoms with van der Waals surface area (Å²) in [5.41, 5.74) is 14.2. The molecule has 3 aliphatic heterocycles. The van der Waals surface area contributed by atoms with Gasteiger partial charge >= 0.3 is 0 Å². The second kappa shape index (κ2) is 29.0. The maximum Gasteiger partial charge on any atom is 0.263 e. The number of pyridine rings is 3. The fourth-order valence-corrected chi connectivity index (χ4v) is 17.7. The number of nitrogens with one attached hydrogen (secondary N) is 3. The van der Waals surface area contributed by atoms with Crippen LogP contribution in [0.3, 0.4) is 0 Å². The van der Waals surface area contributed by atoms with Gasteiger partial charge in [0, 0.05) is 104 Å². The van der Waals surface area contributed by atoms with Crippen LogP contribution in [0, 0.1) is 98.7 Å². The van der Waals surface area contributed by atoms with Gasteiger partial charge in [0.15, 0.2) is 11.6 Å². The topological polar surface area (TPSA) is 186 Å². The summed E-state index contributed by atoms with van der Waals surface area (Å²) in [6.45, 7) is 15.1. The number of rotatable bonds is 15. The number of nitriles is 1. The van der Waals surface area contributed by atoms with Crippen molar-refractivity contribution in [2.45, 2.75) is 112 Å². The van der Waals surface area contributed by atoms with Crippen molar-refractivity contribution in [3.05, 3.63) is 167 Å². The molecule has 496 valence electrons. The van der Waals surface area contributed by atoms with Gasteiger partial charge in [0.2, 0.25) is 0 Å². The number of carbonyl (C=O) groups is 3. The highest BCUT2D eigenvalue weighted by molar-refractivity contribution is 7.21. The van der Waals surface area contributed by atoms with Crippen LogP contribution in [0.4, 0.5) is 44.7 Å². The molecule has 3 saturated heterocycles. The number of nitrogen functional groups attached to an aromatic ring is 1. The number of aryl methyl sites for hydroxylation is 5. The van der Waals surface area contributed by atoms with E-state index in [-0.39, 0.29) is 66.3 Å². The number of amides is 3. The Morgan fingerprint density at radius 3 is 1.53 bits per heavy atom. The summed E-state index contributed by atoms with van der Waals surface area (Å²) in [6.07, 6.45) is 11.1. The van der Waals surface area contributed by atoms with Crippen molar-refractivity contribution in [2.75, 3.05) is 79.3 Å². The Morgan fingerprint density at radius 1 is 0.526 bits per heavy atom. The number of halogens is 5. The van der Waals surface area contributed by atoms with E-state index in [1.807, 2.05) is 88.0 Å².